The lowest BCUT2D eigenvalue weighted by atomic mass is 10.0. The first-order valence-electron chi connectivity index (χ1n) is 7.95. The summed E-state index contributed by atoms with van der Waals surface area (Å²) >= 11 is 0. The van der Waals surface area contributed by atoms with Gasteiger partial charge in [-0.3, -0.25) is 0 Å². The highest BCUT2D eigenvalue weighted by atomic mass is 15.1. The quantitative estimate of drug-likeness (QED) is 0.836. The maximum atomic E-state index is 4.82. The fraction of sp³-hybridized carbons (Fsp3) is 0.588. The molecule has 1 aliphatic rings. The summed E-state index contributed by atoms with van der Waals surface area (Å²) in [6.07, 6.45) is 5.07. The molecule has 0 amide bonds. The number of benzene rings is 1. The number of nitrogens with zero attached hydrogens (tertiary/aromatic N) is 2. The lowest BCUT2D eigenvalue weighted by Gasteiger charge is -2.13. The van der Waals surface area contributed by atoms with E-state index in [1.807, 2.05) is 0 Å². The molecule has 1 N–H and O–H groups in total. The van der Waals surface area contributed by atoms with Gasteiger partial charge in [0.05, 0.1) is 11.0 Å². The molecular formula is C17H25N3. The van der Waals surface area contributed by atoms with E-state index in [4.69, 9.17) is 4.98 Å². The minimum absolute atomic E-state index is 0.684. The number of rotatable bonds is 7. The maximum absolute atomic E-state index is 4.82. The van der Waals surface area contributed by atoms with Crippen LogP contribution in [-0.2, 0) is 13.0 Å². The Balaban J connectivity index is 1.65. The van der Waals surface area contributed by atoms with Gasteiger partial charge < -0.3 is 9.88 Å². The molecule has 1 saturated carbocycles. The molecule has 1 atom stereocenters. The van der Waals surface area contributed by atoms with Crippen molar-refractivity contribution in [1.82, 2.24) is 14.9 Å². The zero-order valence-corrected chi connectivity index (χ0v) is 12.6. The smallest absolute Gasteiger partial charge is 0.110 e. The van der Waals surface area contributed by atoms with Crippen LogP contribution in [0.25, 0.3) is 11.0 Å². The molecule has 1 aliphatic carbocycles. The number of hydrogen-bond donors (Lipinski definition) is 1. The molecule has 1 unspecified atom stereocenters. The van der Waals surface area contributed by atoms with Crippen molar-refractivity contribution < 1.29 is 0 Å². The van der Waals surface area contributed by atoms with Gasteiger partial charge >= 0.3 is 0 Å². The van der Waals surface area contributed by atoms with E-state index in [1.165, 1.54) is 30.6 Å². The first-order valence-corrected chi connectivity index (χ1v) is 7.95. The van der Waals surface area contributed by atoms with Crippen molar-refractivity contribution in [2.75, 3.05) is 6.54 Å². The molecule has 108 valence electrons. The molecule has 2 aromatic rings. The Hall–Kier alpha value is -1.35. The number of para-hydroxylation sites is 2. The second kappa shape index (κ2) is 5.96. The van der Waals surface area contributed by atoms with Crippen molar-refractivity contribution >= 4 is 11.0 Å². The van der Waals surface area contributed by atoms with Crippen LogP contribution < -0.4 is 5.32 Å². The van der Waals surface area contributed by atoms with E-state index in [2.05, 4.69) is 48.0 Å². The van der Waals surface area contributed by atoms with Crippen molar-refractivity contribution in [3.8, 4) is 0 Å². The van der Waals surface area contributed by atoms with Crippen LogP contribution in [0.3, 0.4) is 0 Å². The summed E-state index contributed by atoms with van der Waals surface area (Å²) in [5.74, 6) is 1.93. The highest BCUT2D eigenvalue weighted by Gasteiger charge is 2.20. The molecule has 0 bridgehead atoms. The summed E-state index contributed by atoms with van der Waals surface area (Å²) in [5, 5.41) is 3.60. The third-order valence-electron chi connectivity index (χ3n) is 4.23. The van der Waals surface area contributed by atoms with Gasteiger partial charge in [-0.25, -0.2) is 4.98 Å². The second-order valence-electron chi connectivity index (χ2n) is 6.09. The number of hydrogen-bond acceptors (Lipinski definition) is 2. The van der Waals surface area contributed by atoms with Crippen molar-refractivity contribution in [3.05, 3.63) is 30.1 Å². The van der Waals surface area contributed by atoms with Crippen molar-refractivity contribution in [3.63, 3.8) is 0 Å². The van der Waals surface area contributed by atoms with Crippen LogP contribution in [0.2, 0.25) is 0 Å². The summed E-state index contributed by atoms with van der Waals surface area (Å²) in [7, 11) is 0. The molecular weight excluding hydrogens is 246 g/mol. The summed E-state index contributed by atoms with van der Waals surface area (Å²) in [5.41, 5.74) is 2.40. The highest BCUT2D eigenvalue weighted by molar-refractivity contribution is 5.75. The van der Waals surface area contributed by atoms with Crippen molar-refractivity contribution in [2.45, 2.75) is 52.1 Å². The van der Waals surface area contributed by atoms with Gasteiger partial charge in [0, 0.05) is 19.0 Å². The van der Waals surface area contributed by atoms with Crippen LogP contribution in [0.1, 0.15) is 38.9 Å². The molecule has 1 heterocycles. The Labute approximate surface area is 121 Å². The van der Waals surface area contributed by atoms with Crippen molar-refractivity contribution in [2.24, 2.45) is 5.92 Å². The summed E-state index contributed by atoms with van der Waals surface area (Å²) in [6.45, 7) is 6.70. The van der Waals surface area contributed by atoms with Gasteiger partial charge in [-0.2, -0.15) is 0 Å². The summed E-state index contributed by atoms with van der Waals surface area (Å²) < 4.78 is 2.36. The van der Waals surface area contributed by atoms with E-state index in [9.17, 15) is 0 Å². The van der Waals surface area contributed by atoms with Gasteiger partial charge in [0.15, 0.2) is 0 Å². The maximum Gasteiger partial charge on any atom is 0.110 e. The lowest BCUT2D eigenvalue weighted by molar-refractivity contribution is 0.479. The van der Waals surface area contributed by atoms with Gasteiger partial charge in [0.2, 0.25) is 0 Å². The third kappa shape index (κ3) is 3.04. The van der Waals surface area contributed by atoms with Gasteiger partial charge in [-0.1, -0.05) is 19.1 Å². The van der Waals surface area contributed by atoms with Crippen LogP contribution in [0, 0.1) is 5.92 Å². The molecule has 3 nitrogen and oxygen atoms in total. The SMILES string of the molecule is CCn1c(CC(C)CCNC2CC2)nc2ccccc21. The number of nitrogens with one attached hydrogen (secondary N) is 1. The van der Waals surface area contributed by atoms with E-state index in [-0.39, 0.29) is 0 Å². The second-order valence-corrected chi connectivity index (χ2v) is 6.09. The van der Waals surface area contributed by atoms with Crippen LogP contribution in [0.5, 0.6) is 0 Å². The fourth-order valence-electron chi connectivity index (χ4n) is 2.87. The number of aryl methyl sites for hydroxylation is 1. The molecule has 1 fully saturated rings. The van der Waals surface area contributed by atoms with Crippen molar-refractivity contribution in [1.29, 1.82) is 0 Å². The monoisotopic (exact) mass is 271 g/mol. The Morgan fingerprint density at radius 1 is 1.35 bits per heavy atom. The molecule has 20 heavy (non-hydrogen) atoms. The van der Waals surface area contributed by atoms with Crippen LogP contribution in [0.15, 0.2) is 24.3 Å². The molecule has 3 rings (SSSR count). The molecule has 0 radical (unpaired) electrons. The molecule has 1 aromatic carbocycles. The Bertz CT molecular complexity index is 569. The minimum Gasteiger partial charge on any atom is -0.328 e. The Kier molecular flexibility index (Phi) is 4.06. The molecule has 0 aliphatic heterocycles. The predicted molar refractivity (Wildman–Crippen MR) is 83.9 cm³/mol. The lowest BCUT2D eigenvalue weighted by Crippen LogP contribution is -2.20. The number of fused-ring (bicyclic) bond motifs is 1. The number of imidazole rings is 1. The van der Waals surface area contributed by atoms with E-state index in [0.29, 0.717) is 5.92 Å². The van der Waals surface area contributed by atoms with Gasteiger partial charge in [0.1, 0.15) is 5.82 Å². The molecule has 0 spiro atoms. The number of aromatic nitrogens is 2. The van der Waals surface area contributed by atoms with E-state index < -0.39 is 0 Å². The standard InChI is InChI=1S/C17H25N3/c1-3-20-16-7-5-4-6-15(16)19-17(20)12-13(2)10-11-18-14-8-9-14/h4-7,13-14,18H,3,8-12H2,1-2H3. The largest absolute Gasteiger partial charge is 0.328 e. The highest BCUT2D eigenvalue weighted by Crippen LogP contribution is 2.21. The molecule has 3 heteroatoms. The molecule has 0 saturated heterocycles. The van der Waals surface area contributed by atoms with Crippen LogP contribution >= 0.6 is 0 Å². The first kappa shape index (κ1) is 13.6. The average molecular weight is 271 g/mol. The summed E-state index contributed by atoms with van der Waals surface area (Å²) in [6, 6.07) is 9.28. The fourth-order valence-corrected chi connectivity index (χ4v) is 2.87. The van der Waals surface area contributed by atoms with Gasteiger partial charge in [-0.05, 0) is 50.8 Å². The normalized spacial score (nSPS) is 16.7. The third-order valence-corrected chi connectivity index (χ3v) is 4.23. The molecule has 1 aromatic heterocycles. The van der Waals surface area contributed by atoms with Gasteiger partial charge in [-0.15, -0.1) is 0 Å². The Morgan fingerprint density at radius 3 is 2.90 bits per heavy atom. The zero-order chi connectivity index (χ0) is 13.9. The van der Waals surface area contributed by atoms with Crippen LogP contribution in [0.4, 0.5) is 0 Å². The Morgan fingerprint density at radius 2 is 2.15 bits per heavy atom. The van der Waals surface area contributed by atoms with E-state index in [0.717, 1.165) is 31.1 Å². The van der Waals surface area contributed by atoms with Crippen LogP contribution in [-0.4, -0.2) is 22.1 Å². The van der Waals surface area contributed by atoms with Gasteiger partial charge in [0.25, 0.3) is 0 Å². The van der Waals surface area contributed by atoms with E-state index >= 15 is 0 Å². The summed E-state index contributed by atoms with van der Waals surface area (Å²) in [4.78, 5) is 4.82. The zero-order valence-electron chi connectivity index (χ0n) is 12.6. The topological polar surface area (TPSA) is 29.9 Å². The van der Waals surface area contributed by atoms with E-state index in [1.54, 1.807) is 0 Å². The first-order chi connectivity index (χ1) is 9.78. The minimum atomic E-state index is 0.684. The average Bonchev–Trinajstić information content (AvgIpc) is 3.19. The predicted octanol–water partition coefficient (Wildman–Crippen LogP) is 3.38.